The van der Waals surface area contributed by atoms with Crippen LogP contribution in [0, 0.1) is 5.92 Å². The molecule has 0 amide bonds. The lowest BCUT2D eigenvalue weighted by Crippen LogP contribution is -2.34. The molecule has 2 unspecified atom stereocenters. The van der Waals surface area contributed by atoms with E-state index in [1.165, 1.54) is 0 Å². The Morgan fingerprint density at radius 3 is 2.62 bits per heavy atom. The van der Waals surface area contributed by atoms with Gasteiger partial charge in [-0.3, -0.25) is 4.79 Å². The summed E-state index contributed by atoms with van der Waals surface area (Å²) >= 11 is 0. The van der Waals surface area contributed by atoms with Crippen LogP contribution in [0.15, 0.2) is 0 Å². The van der Waals surface area contributed by atoms with Gasteiger partial charge in [-0.1, -0.05) is 12.8 Å². The highest BCUT2D eigenvalue weighted by atomic mass is 16.5. The van der Waals surface area contributed by atoms with Gasteiger partial charge in [0.15, 0.2) is 0 Å². The van der Waals surface area contributed by atoms with E-state index in [0.717, 1.165) is 25.7 Å². The Hall–Kier alpha value is -0.610. The van der Waals surface area contributed by atoms with E-state index >= 15 is 0 Å². The Morgan fingerprint density at radius 1 is 1.31 bits per heavy atom. The molecule has 1 aliphatic carbocycles. The van der Waals surface area contributed by atoms with Crippen molar-refractivity contribution in [1.29, 1.82) is 0 Å². The van der Waals surface area contributed by atoms with Crippen LogP contribution in [0.3, 0.4) is 0 Å². The van der Waals surface area contributed by atoms with Crippen molar-refractivity contribution in [3.63, 3.8) is 0 Å². The first-order valence-electron chi connectivity index (χ1n) is 6.07. The minimum absolute atomic E-state index is 0.123. The molecule has 16 heavy (non-hydrogen) atoms. The van der Waals surface area contributed by atoms with Crippen LogP contribution >= 0.6 is 0 Å². The van der Waals surface area contributed by atoms with Crippen molar-refractivity contribution in [2.75, 3.05) is 13.2 Å². The van der Waals surface area contributed by atoms with Crippen molar-refractivity contribution in [1.82, 2.24) is 0 Å². The fourth-order valence-corrected chi connectivity index (χ4v) is 2.06. The van der Waals surface area contributed by atoms with Gasteiger partial charge in [-0.2, -0.15) is 0 Å². The SMILES string of the molecule is CC(C)OCCOC1CCCCC1C(=O)O. The molecule has 0 radical (unpaired) electrons. The molecule has 1 N–H and O–H groups in total. The fourth-order valence-electron chi connectivity index (χ4n) is 2.06. The first kappa shape index (κ1) is 13.5. The standard InChI is InChI=1S/C12H22O4/c1-9(2)15-7-8-16-11-6-4-3-5-10(11)12(13)14/h9-11H,3-8H2,1-2H3,(H,13,14). The van der Waals surface area contributed by atoms with E-state index in [1.807, 2.05) is 13.8 Å². The van der Waals surface area contributed by atoms with Crippen LogP contribution in [0.1, 0.15) is 39.5 Å². The van der Waals surface area contributed by atoms with Crippen molar-refractivity contribution >= 4 is 5.97 Å². The second kappa shape index (κ2) is 6.86. The van der Waals surface area contributed by atoms with Gasteiger partial charge < -0.3 is 14.6 Å². The normalized spacial score (nSPS) is 25.9. The maximum absolute atomic E-state index is 11.0. The Bertz CT molecular complexity index is 215. The molecule has 0 aromatic heterocycles. The van der Waals surface area contributed by atoms with Crippen LogP contribution in [0.4, 0.5) is 0 Å². The molecule has 0 aromatic carbocycles. The molecule has 1 rings (SSSR count). The third kappa shape index (κ3) is 4.49. The number of rotatable bonds is 6. The van der Waals surface area contributed by atoms with Crippen LogP contribution in [0.5, 0.6) is 0 Å². The summed E-state index contributed by atoms with van der Waals surface area (Å²) in [6, 6.07) is 0. The molecule has 1 aliphatic rings. The first-order chi connectivity index (χ1) is 7.61. The molecule has 1 fully saturated rings. The van der Waals surface area contributed by atoms with Gasteiger partial charge in [0.05, 0.1) is 31.3 Å². The molecular weight excluding hydrogens is 208 g/mol. The van der Waals surface area contributed by atoms with Gasteiger partial charge in [-0.05, 0) is 26.7 Å². The minimum Gasteiger partial charge on any atom is -0.481 e. The van der Waals surface area contributed by atoms with Crippen LogP contribution < -0.4 is 0 Å². The van der Waals surface area contributed by atoms with Crippen LogP contribution in [0.25, 0.3) is 0 Å². The van der Waals surface area contributed by atoms with E-state index in [9.17, 15) is 4.79 Å². The molecule has 4 nitrogen and oxygen atoms in total. The van der Waals surface area contributed by atoms with Crippen LogP contribution in [-0.4, -0.2) is 36.5 Å². The van der Waals surface area contributed by atoms with Crippen molar-refractivity contribution in [3.8, 4) is 0 Å². The summed E-state index contributed by atoms with van der Waals surface area (Å²) in [6.07, 6.45) is 3.75. The summed E-state index contributed by atoms with van der Waals surface area (Å²) in [4.78, 5) is 11.0. The van der Waals surface area contributed by atoms with Gasteiger partial charge in [0.1, 0.15) is 0 Å². The molecule has 0 bridgehead atoms. The quantitative estimate of drug-likeness (QED) is 0.710. The van der Waals surface area contributed by atoms with Gasteiger partial charge in [0, 0.05) is 0 Å². The number of ether oxygens (including phenoxy) is 2. The number of carbonyl (C=O) groups is 1. The van der Waals surface area contributed by atoms with Gasteiger partial charge >= 0.3 is 5.97 Å². The van der Waals surface area contributed by atoms with Crippen LogP contribution in [0.2, 0.25) is 0 Å². The topological polar surface area (TPSA) is 55.8 Å². The van der Waals surface area contributed by atoms with E-state index in [4.69, 9.17) is 14.6 Å². The van der Waals surface area contributed by atoms with Gasteiger partial charge in [0.2, 0.25) is 0 Å². The predicted molar refractivity (Wildman–Crippen MR) is 60.4 cm³/mol. The van der Waals surface area contributed by atoms with E-state index in [0.29, 0.717) is 13.2 Å². The second-order valence-electron chi connectivity index (χ2n) is 4.56. The van der Waals surface area contributed by atoms with E-state index in [1.54, 1.807) is 0 Å². The largest absolute Gasteiger partial charge is 0.481 e. The number of hydrogen-bond acceptors (Lipinski definition) is 3. The van der Waals surface area contributed by atoms with Gasteiger partial charge in [-0.15, -0.1) is 0 Å². The third-order valence-electron chi connectivity index (χ3n) is 2.89. The van der Waals surface area contributed by atoms with Crippen LogP contribution in [-0.2, 0) is 14.3 Å². The lowest BCUT2D eigenvalue weighted by Gasteiger charge is -2.28. The maximum atomic E-state index is 11.0. The monoisotopic (exact) mass is 230 g/mol. The Labute approximate surface area is 96.9 Å². The zero-order chi connectivity index (χ0) is 12.0. The van der Waals surface area contributed by atoms with Crippen molar-refractivity contribution in [3.05, 3.63) is 0 Å². The molecule has 94 valence electrons. The fraction of sp³-hybridized carbons (Fsp3) is 0.917. The molecule has 0 aromatic rings. The van der Waals surface area contributed by atoms with Gasteiger partial charge in [-0.25, -0.2) is 0 Å². The predicted octanol–water partition coefficient (Wildman–Crippen LogP) is 2.07. The molecule has 0 spiro atoms. The van der Waals surface area contributed by atoms with Gasteiger partial charge in [0.25, 0.3) is 0 Å². The summed E-state index contributed by atoms with van der Waals surface area (Å²) in [5.41, 5.74) is 0. The van der Waals surface area contributed by atoms with E-state index < -0.39 is 5.97 Å². The average molecular weight is 230 g/mol. The molecule has 1 saturated carbocycles. The Balaban J connectivity index is 2.24. The molecule has 0 saturated heterocycles. The summed E-state index contributed by atoms with van der Waals surface area (Å²) in [5, 5.41) is 9.04. The zero-order valence-corrected chi connectivity index (χ0v) is 10.1. The maximum Gasteiger partial charge on any atom is 0.309 e. The smallest absolute Gasteiger partial charge is 0.309 e. The summed E-state index contributed by atoms with van der Waals surface area (Å²) in [6.45, 7) is 4.98. The number of carboxylic acid groups (broad SMARTS) is 1. The highest BCUT2D eigenvalue weighted by molar-refractivity contribution is 5.70. The summed E-state index contributed by atoms with van der Waals surface area (Å²) in [7, 11) is 0. The molecule has 0 aliphatic heterocycles. The summed E-state index contributed by atoms with van der Waals surface area (Å²) < 4.78 is 11.0. The van der Waals surface area contributed by atoms with Crippen molar-refractivity contribution < 1.29 is 19.4 Å². The molecule has 0 heterocycles. The lowest BCUT2D eigenvalue weighted by atomic mass is 9.86. The van der Waals surface area contributed by atoms with Crippen molar-refractivity contribution in [2.45, 2.75) is 51.7 Å². The van der Waals surface area contributed by atoms with E-state index in [-0.39, 0.29) is 18.1 Å². The van der Waals surface area contributed by atoms with Crippen molar-refractivity contribution in [2.24, 2.45) is 5.92 Å². The minimum atomic E-state index is -0.727. The second-order valence-corrected chi connectivity index (χ2v) is 4.56. The Morgan fingerprint density at radius 2 is 2.00 bits per heavy atom. The first-order valence-corrected chi connectivity index (χ1v) is 6.07. The Kier molecular flexibility index (Phi) is 5.77. The number of aliphatic carboxylic acids is 1. The van der Waals surface area contributed by atoms with E-state index in [2.05, 4.69) is 0 Å². The highest BCUT2D eigenvalue weighted by Crippen LogP contribution is 2.26. The average Bonchev–Trinajstić information content (AvgIpc) is 2.24. The number of carboxylic acids is 1. The summed E-state index contributed by atoms with van der Waals surface area (Å²) in [5.74, 6) is -1.05. The third-order valence-corrected chi connectivity index (χ3v) is 2.89. The lowest BCUT2D eigenvalue weighted by molar-refractivity contribution is -0.150. The molecule has 4 heteroatoms. The zero-order valence-electron chi connectivity index (χ0n) is 10.1. The highest BCUT2D eigenvalue weighted by Gasteiger charge is 2.31. The molecular formula is C12H22O4. The number of hydrogen-bond donors (Lipinski definition) is 1. The molecule has 2 atom stereocenters.